The third-order valence-electron chi connectivity index (χ3n) is 4.74. The Kier molecular flexibility index (Phi) is 5.67. The number of ether oxygens (including phenoxy) is 1. The molecule has 1 heterocycles. The molecular formula is C16H32N2O. The van der Waals surface area contributed by atoms with Gasteiger partial charge < -0.3 is 10.1 Å². The summed E-state index contributed by atoms with van der Waals surface area (Å²) in [4.78, 5) is 2.68. The molecule has 1 saturated heterocycles. The molecule has 0 aromatic carbocycles. The van der Waals surface area contributed by atoms with Crippen LogP contribution in [0.15, 0.2) is 0 Å². The monoisotopic (exact) mass is 268 g/mol. The summed E-state index contributed by atoms with van der Waals surface area (Å²) in [5.41, 5.74) is 0.434. The molecule has 19 heavy (non-hydrogen) atoms. The number of nitrogens with one attached hydrogen (secondary N) is 1. The molecule has 1 spiro atoms. The minimum absolute atomic E-state index is 0.434. The Morgan fingerprint density at radius 3 is 2.68 bits per heavy atom. The zero-order valence-electron chi connectivity index (χ0n) is 13.1. The van der Waals surface area contributed by atoms with Gasteiger partial charge in [-0.25, -0.2) is 0 Å². The van der Waals surface area contributed by atoms with Gasteiger partial charge in [0, 0.05) is 37.8 Å². The molecule has 1 atom stereocenters. The molecule has 0 amide bonds. The Morgan fingerprint density at radius 2 is 2.05 bits per heavy atom. The molecule has 1 aliphatic carbocycles. The summed E-state index contributed by atoms with van der Waals surface area (Å²) in [7, 11) is 0. The smallest absolute Gasteiger partial charge is 0.0593 e. The van der Waals surface area contributed by atoms with Crippen molar-refractivity contribution in [2.75, 3.05) is 32.8 Å². The normalized spacial score (nSPS) is 27.5. The predicted octanol–water partition coefficient (Wildman–Crippen LogP) is 2.66. The fourth-order valence-corrected chi connectivity index (χ4v) is 3.59. The van der Waals surface area contributed by atoms with Gasteiger partial charge in [-0.3, -0.25) is 4.90 Å². The number of hydrogen-bond donors (Lipinski definition) is 1. The van der Waals surface area contributed by atoms with Crippen LogP contribution in [0.1, 0.15) is 52.9 Å². The van der Waals surface area contributed by atoms with Crippen LogP contribution < -0.4 is 5.32 Å². The van der Waals surface area contributed by atoms with E-state index in [0.717, 1.165) is 19.8 Å². The molecule has 1 aliphatic heterocycles. The lowest BCUT2D eigenvalue weighted by Gasteiger charge is -2.46. The van der Waals surface area contributed by atoms with Gasteiger partial charge in [0.15, 0.2) is 0 Å². The Labute approximate surface area is 119 Å². The quantitative estimate of drug-likeness (QED) is 0.750. The molecule has 2 rings (SSSR count). The summed E-state index contributed by atoms with van der Waals surface area (Å²) >= 11 is 0. The SMILES string of the molecule is CCC1CNC2(CCCC2)CN1CCOCC(C)C. The molecule has 3 heteroatoms. The topological polar surface area (TPSA) is 24.5 Å². The van der Waals surface area contributed by atoms with E-state index in [1.165, 1.54) is 45.2 Å². The van der Waals surface area contributed by atoms with E-state index in [0.29, 0.717) is 17.5 Å². The first-order chi connectivity index (χ1) is 9.15. The maximum absolute atomic E-state index is 5.78. The van der Waals surface area contributed by atoms with Gasteiger partial charge in [0.1, 0.15) is 0 Å². The number of hydrogen-bond acceptors (Lipinski definition) is 3. The molecule has 0 aromatic heterocycles. The van der Waals surface area contributed by atoms with Crippen LogP contribution in [0.3, 0.4) is 0 Å². The molecule has 2 aliphatic rings. The third-order valence-corrected chi connectivity index (χ3v) is 4.74. The first-order valence-corrected chi connectivity index (χ1v) is 8.22. The van der Waals surface area contributed by atoms with Crippen molar-refractivity contribution in [3.05, 3.63) is 0 Å². The van der Waals surface area contributed by atoms with E-state index in [-0.39, 0.29) is 0 Å². The maximum atomic E-state index is 5.78. The highest BCUT2D eigenvalue weighted by atomic mass is 16.5. The van der Waals surface area contributed by atoms with Crippen LogP contribution >= 0.6 is 0 Å². The van der Waals surface area contributed by atoms with E-state index in [2.05, 4.69) is 31.0 Å². The minimum Gasteiger partial charge on any atom is -0.380 e. The van der Waals surface area contributed by atoms with Crippen LogP contribution in [0.2, 0.25) is 0 Å². The summed E-state index contributed by atoms with van der Waals surface area (Å²) in [6, 6.07) is 0.703. The summed E-state index contributed by atoms with van der Waals surface area (Å²) in [5.74, 6) is 0.645. The molecule has 1 saturated carbocycles. The zero-order valence-corrected chi connectivity index (χ0v) is 13.1. The molecule has 0 bridgehead atoms. The first-order valence-electron chi connectivity index (χ1n) is 8.22. The van der Waals surface area contributed by atoms with Crippen molar-refractivity contribution in [3.63, 3.8) is 0 Å². The van der Waals surface area contributed by atoms with Gasteiger partial charge in [-0.1, -0.05) is 33.6 Å². The van der Waals surface area contributed by atoms with Gasteiger partial charge >= 0.3 is 0 Å². The van der Waals surface area contributed by atoms with Crippen LogP contribution in [0.4, 0.5) is 0 Å². The lowest BCUT2D eigenvalue weighted by Crippen LogP contribution is -2.63. The summed E-state index contributed by atoms with van der Waals surface area (Å²) < 4.78 is 5.78. The van der Waals surface area contributed by atoms with Crippen molar-refractivity contribution < 1.29 is 4.74 Å². The summed E-state index contributed by atoms with van der Waals surface area (Å²) in [5, 5.41) is 3.85. The highest BCUT2D eigenvalue weighted by molar-refractivity contribution is 5.00. The maximum Gasteiger partial charge on any atom is 0.0593 e. The second kappa shape index (κ2) is 7.05. The Morgan fingerprint density at radius 1 is 1.32 bits per heavy atom. The van der Waals surface area contributed by atoms with E-state index >= 15 is 0 Å². The van der Waals surface area contributed by atoms with Crippen LogP contribution in [0.5, 0.6) is 0 Å². The van der Waals surface area contributed by atoms with Gasteiger partial charge in [-0.2, -0.15) is 0 Å². The van der Waals surface area contributed by atoms with Crippen LogP contribution in [-0.2, 0) is 4.74 Å². The van der Waals surface area contributed by atoms with Gasteiger partial charge in [-0.15, -0.1) is 0 Å². The third kappa shape index (κ3) is 4.17. The molecule has 0 radical (unpaired) electrons. The highest BCUT2D eigenvalue weighted by Crippen LogP contribution is 2.33. The second-order valence-electron chi connectivity index (χ2n) is 6.87. The average Bonchev–Trinajstić information content (AvgIpc) is 2.83. The van der Waals surface area contributed by atoms with Gasteiger partial charge in [-0.05, 0) is 25.2 Å². The largest absolute Gasteiger partial charge is 0.380 e. The van der Waals surface area contributed by atoms with Gasteiger partial charge in [0.25, 0.3) is 0 Å². The van der Waals surface area contributed by atoms with Gasteiger partial charge in [0.2, 0.25) is 0 Å². The molecule has 1 N–H and O–H groups in total. The lowest BCUT2D eigenvalue weighted by molar-refractivity contribution is 0.0340. The van der Waals surface area contributed by atoms with Crippen molar-refractivity contribution >= 4 is 0 Å². The van der Waals surface area contributed by atoms with Crippen molar-refractivity contribution in [1.29, 1.82) is 0 Å². The van der Waals surface area contributed by atoms with E-state index < -0.39 is 0 Å². The predicted molar refractivity (Wildman–Crippen MR) is 80.5 cm³/mol. The zero-order chi connectivity index (χ0) is 13.7. The second-order valence-corrected chi connectivity index (χ2v) is 6.87. The van der Waals surface area contributed by atoms with Crippen molar-refractivity contribution in [1.82, 2.24) is 10.2 Å². The standard InChI is InChI=1S/C16H32N2O/c1-4-15-11-17-16(7-5-6-8-16)13-18(15)9-10-19-12-14(2)3/h14-15,17H,4-13H2,1-3H3. The van der Waals surface area contributed by atoms with E-state index in [1.807, 2.05) is 0 Å². The van der Waals surface area contributed by atoms with Crippen LogP contribution in [-0.4, -0.2) is 49.3 Å². The Balaban J connectivity index is 1.80. The van der Waals surface area contributed by atoms with Crippen LogP contribution in [0, 0.1) is 5.92 Å². The molecule has 1 unspecified atom stereocenters. The minimum atomic E-state index is 0.434. The van der Waals surface area contributed by atoms with Gasteiger partial charge in [0.05, 0.1) is 6.61 Å². The average molecular weight is 268 g/mol. The van der Waals surface area contributed by atoms with Crippen molar-refractivity contribution in [2.45, 2.75) is 64.5 Å². The molecule has 112 valence electrons. The van der Waals surface area contributed by atoms with Crippen molar-refractivity contribution in [3.8, 4) is 0 Å². The fraction of sp³-hybridized carbons (Fsp3) is 1.00. The lowest BCUT2D eigenvalue weighted by atomic mass is 9.91. The van der Waals surface area contributed by atoms with E-state index in [1.54, 1.807) is 0 Å². The first kappa shape index (κ1) is 15.3. The fourth-order valence-electron chi connectivity index (χ4n) is 3.59. The highest BCUT2D eigenvalue weighted by Gasteiger charge is 2.40. The molecule has 2 fully saturated rings. The number of piperazine rings is 1. The molecule has 3 nitrogen and oxygen atoms in total. The Hall–Kier alpha value is -0.120. The Bertz CT molecular complexity index is 261. The summed E-state index contributed by atoms with van der Waals surface area (Å²) in [6.45, 7) is 12.0. The number of nitrogens with zero attached hydrogens (tertiary/aromatic N) is 1. The summed E-state index contributed by atoms with van der Waals surface area (Å²) in [6.07, 6.45) is 6.79. The number of rotatable bonds is 6. The molecular weight excluding hydrogens is 236 g/mol. The van der Waals surface area contributed by atoms with E-state index in [9.17, 15) is 0 Å². The van der Waals surface area contributed by atoms with Crippen molar-refractivity contribution in [2.24, 2.45) is 5.92 Å². The van der Waals surface area contributed by atoms with E-state index in [4.69, 9.17) is 4.74 Å². The van der Waals surface area contributed by atoms with Crippen LogP contribution in [0.25, 0.3) is 0 Å². The molecule has 0 aromatic rings.